The van der Waals surface area contributed by atoms with E-state index in [9.17, 15) is 14.0 Å². The number of carbonyl (C=O) groups excluding carboxylic acids is 1. The van der Waals surface area contributed by atoms with E-state index in [0.717, 1.165) is 11.1 Å². The van der Waals surface area contributed by atoms with Gasteiger partial charge in [-0.05, 0) is 42.3 Å². The van der Waals surface area contributed by atoms with Crippen molar-refractivity contribution < 1.29 is 9.18 Å². The van der Waals surface area contributed by atoms with Crippen molar-refractivity contribution in [2.75, 3.05) is 16.8 Å². The van der Waals surface area contributed by atoms with Crippen molar-refractivity contribution in [3.05, 3.63) is 87.6 Å². The van der Waals surface area contributed by atoms with Crippen molar-refractivity contribution >= 4 is 17.5 Å². The number of hydrogen-bond donors (Lipinski definition) is 2. The van der Waals surface area contributed by atoms with Crippen LogP contribution in [-0.2, 0) is 11.3 Å². The number of hydrogen-bond acceptors (Lipinski definition) is 4. The Kier molecular flexibility index (Phi) is 5.12. The van der Waals surface area contributed by atoms with Gasteiger partial charge in [0.15, 0.2) is 0 Å². The van der Waals surface area contributed by atoms with Gasteiger partial charge in [-0.1, -0.05) is 24.3 Å². The summed E-state index contributed by atoms with van der Waals surface area (Å²) in [6.45, 7) is 2.96. The highest BCUT2D eigenvalue weighted by Crippen LogP contribution is 2.30. The van der Waals surface area contributed by atoms with Crippen LogP contribution in [0.15, 0.2) is 59.4 Å². The quantitative estimate of drug-likeness (QED) is 0.698. The molecule has 0 saturated carbocycles. The lowest BCUT2D eigenvalue weighted by Crippen LogP contribution is -2.24. The molecule has 0 spiro atoms. The normalized spacial score (nSPS) is 16.3. The van der Waals surface area contributed by atoms with Crippen molar-refractivity contribution in [3.63, 3.8) is 0 Å². The van der Waals surface area contributed by atoms with Gasteiger partial charge in [0, 0.05) is 37.2 Å². The van der Waals surface area contributed by atoms with Crippen LogP contribution < -0.4 is 15.8 Å². The Morgan fingerprint density at radius 3 is 2.69 bits per heavy atom. The molecule has 1 fully saturated rings. The minimum Gasteiger partial charge on any atom is -0.352 e. The standard InChI is InChI=1S/C22H21FN4O2/c1-14-4-2-3-5-15(14)12-24-22-25-19(11-20(28)26-22)16-10-21(29)27(13-16)18-8-6-17(23)7-9-18/h2-9,11,16H,10,12-13H2,1H3,(H2,24,25,26,28)/t16-/m1/s1. The summed E-state index contributed by atoms with van der Waals surface area (Å²) in [5, 5.41) is 3.16. The van der Waals surface area contributed by atoms with E-state index in [1.54, 1.807) is 17.0 Å². The summed E-state index contributed by atoms with van der Waals surface area (Å²) in [6.07, 6.45) is 0.255. The summed E-state index contributed by atoms with van der Waals surface area (Å²) in [5.74, 6) is -0.243. The zero-order chi connectivity index (χ0) is 20.4. The van der Waals surface area contributed by atoms with Gasteiger partial charge in [-0.2, -0.15) is 0 Å². The number of H-pyrrole nitrogens is 1. The first-order valence-electron chi connectivity index (χ1n) is 9.45. The summed E-state index contributed by atoms with van der Waals surface area (Å²) in [5.41, 5.74) is 3.20. The molecule has 2 N–H and O–H groups in total. The zero-order valence-electron chi connectivity index (χ0n) is 16.0. The Hall–Kier alpha value is -3.48. The second kappa shape index (κ2) is 7.87. The minimum atomic E-state index is -0.349. The topological polar surface area (TPSA) is 78.1 Å². The highest BCUT2D eigenvalue weighted by atomic mass is 19.1. The van der Waals surface area contributed by atoms with Crippen LogP contribution in [0.1, 0.15) is 29.2 Å². The molecule has 7 heteroatoms. The first-order chi connectivity index (χ1) is 14.0. The average Bonchev–Trinajstić information content (AvgIpc) is 3.09. The summed E-state index contributed by atoms with van der Waals surface area (Å²) in [4.78, 5) is 33.4. The molecule has 2 aromatic carbocycles. The number of halogens is 1. The number of amides is 1. The molecule has 1 aliphatic heterocycles. The predicted octanol–water partition coefficient (Wildman–Crippen LogP) is 3.35. The first kappa shape index (κ1) is 18.9. The molecule has 1 aromatic heterocycles. The monoisotopic (exact) mass is 392 g/mol. The summed E-state index contributed by atoms with van der Waals surface area (Å²) in [7, 11) is 0. The maximum Gasteiger partial charge on any atom is 0.252 e. The molecule has 1 aliphatic rings. The van der Waals surface area contributed by atoms with Crippen molar-refractivity contribution in [2.24, 2.45) is 0 Å². The second-order valence-corrected chi connectivity index (χ2v) is 7.18. The van der Waals surface area contributed by atoms with Gasteiger partial charge in [0.1, 0.15) is 5.82 Å². The van der Waals surface area contributed by atoms with Gasteiger partial charge < -0.3 is 10.2 Å². The maximum atomic E-state index is 13.2. The lowest BCUT2D eigenvalue weighted by atomic mass is 10.0. The van der Waals surface area contributed by atoms with Crippen LogP contribution in [0.4, 0.5) is 16.0 Å². The van der Waals surface area contributed by atoms with E-state index in [-0.39, 0.29) is 29.6 Å². The number of carbonyl (C=O) groups is 1. The van der Waals surface area contributed by atoms with Gasteiger partial charge >= 0.3 is 0 Å². The number of aromatic nitrogens is 2. The molecular weight excluding hydrogens is 371 g/mol. The number of nitrogens with one attached hydrogen (secondary N) is 2. The average molecular weight is 392 g/mol. The highest BCUT2D eigenvalue weighted by Gasteiger charge is 2.32. The number of aryl methyl sites for hydroxylation is 1. The van der Waals surface area contributed by atoms with Crippen molar-refractivity contribution in [2.45, 2.75) is 25.8 Å². The number of anilines is 2. The third-order valence-electron chi connectivity index (χ3n) is 5.15. The van der Waals surface area contributed by atoms with Crippen LogP contribution in [0.5, 0.6) is 0 Å². The molecule has 1 amide bonds. The smallest absolute Gasteiger partial charge is 0.252 e. The third-order valence-corrected chi connectivity index (χ3v) is 5.15. The Morgan fingerprint density at radius 2 is 1.93 bits per heavy atom. The Morgan fingerprint density at radius 1 is 1.17 bits per heavy atom. The summed E-state index contributed by atoms with van der Waals surface area (Å²) in [6, 6.07) is 15.2. The van der Waals surface area contributed by atoms with Crippen LogP contribution in [0.2, 0.25) is 0 Å². The second-order valence-electron chi connectivity index (χ2n) is 7.18. The molecule has 0 bridgehead atoms. The third kappa shape index (κ3) is 4.18. The van der Waals surface area contributed by atoms with Gasteiger partial charge in [0.05, 0.1) is 5.69 Å². The molecule has 0 radical (unpaired) electrons. The SMILES string of the molecule is Cc1ccccc1CNc1nc([C@@H]2CC(=O)N(c3ccc(F)cc3)C2)cc(=O)[nH]1. The molecular formula is C22H21FN4O2. The Bertz CT molecular complexity index is 1090. The van der Waals surface area contributed by atoms with Crippen LogP contribution in [0.3, 0.4) is 0 Å². The minimum absolute atomic E-state index is 0.0712. The molecule has 29 heavy (non-hydrogen) atoms. The fourth-order valence-electron chi connectivity index (χ4n) is 3.53. The molecule has 148 valence electrons. The predicted molar refractivity (Wildman–Crippen MR) is 109 cm³/mol. The van der Waals surface area contributed by atoms with E-state index in [1.165, 1.54) is 18.2 Å². The van der Waals surface area contributed by atoms with Crippen LogP contribution in [-0.4, -0.2) is 22.4 Å². The summed E-state index contributed by atoms with van der Waals surface area (Å²) >= 11 is 0. The lowest BCUT2D eigenvalue weighted by Gasteiger charge is -2.17. The van der Waals surface area contributed by atoms with E-state index in [4.69, 9.17) is 0 Å². The molecule has 1 saturated heterocycles. The van der Waals surface area contributed by atoms with Crippen molar-refractivity contribution in [1.29, 1.82) is 0 Å². The van der Waals surface area contributed by atoms with Gasteiger partial charge in [0.25, 0.3) is 5.56 Å². The maximum absolute atomic E-state index is 13.2. The van der Waals surface area contributed by atoms with Crippen molar-refractivity contribution in [1.82, 2.24) is 9.97 Å². The van der Waals surface area contributed by atoms with E-state index in [1.807, 2.05) is 31.2 Å². The van der Waals surface area contributed by atoms with Gasteiger partial charge in [0.2, 0.25) is 11.9 Å². The largest absolute Gasteiger partial charge is 0.352 e. The van der Waals surface area contributed by atoms with E-state index in [0.29, 0.717) is 30.4 Å². The molecule has 1 atom stereocenters. The number of nitrogens with zero attached hydrogens (tertiary/aromatic N) is 2. The molecule has 0 aliphatic carbocycles. The van der Waals surface area contributed by atoms with Gasteiger partial charge in [-0.15, -0.1) is 0 Å². The molecule has 3 aromatic rings. The Balaban J connectivity index is 1.51. The van der Waals surface area contributed by atoms with Crippen LogP contribution in [0, 0.1) is 12.7 Å². The first-order valence-corrected chi connectivity index (χ1v) is 9.45. The van der Waals surface area contributed by atoms with Crippen LogP contribution >= 0.6 is 0 Å². The number of aromatic amines is 1. The fourth-order valence-corrected chi connectivity index (χ4v) is 3.53. The van der Waals surface area contributed by atoms with E-state index in [2.05, 4.69) is 15.3 Å². The molecule has 2 heterocycles. The van der Waals surface area contributed by atoms with Crippen LogP contribution in [0.25, 0.3) is 0 Å². The van der Waals surface area contributed by atoms with Crippen molar-refractivity contribution in [3.8, 4) is 0 Å². The van der Waals surface area contributed by atoms with Gasteiger partial charge in [-0.25, -0.2) is 9.37 Å². The van der Waals surface area contributed by atoms with Gasteiger partial charge in [-0.3, -0.25) is 14.6 Å². The highest BCUT2D eigenvalue weighted by molar-refractivity contribution is 5.96. The lowest BCUT2D eigenvalue weighted by molar-refractivity contribution is -0.117. The fraction of sp³-hybridized carbons (Fsp3) is 0.227. The summed E-state index contributed by atoms with van der Waals surface area (Å²) < 4.78 is 13.2. The van der Waals surface area contributed by atoms with E-state index >= 15 is 0 Å². The number of benzene rings is 2. The Labute approximate surface area is 167 Å². The molecule has 0 unspecified atom stereocenters. The van der Waals surface area contributed by atoms with E-state index < -0.39 is 0 Å². The number of rotatable bonds is 5. The zero-order valence-corrected chi connectivity index (χ0v) is 16.0. The molecule has 6 nitrogen and oxygen atoms in total. The molecule has 4 rings (SSSR count).